The Kier molecular flexibility index (Phi) is 7.41. The van der Waals surface area contributed by atoms with Crippen LogP contribution in [0.2, 0.25) is 0 Å². The molecule has 74 heavy (non-hydrogen) atoms. The van der Waals surface area contributed by atoms with Crippen LogP contribution in [0, 0.1) is 0 Å². The van der Waals surface area contributed by atoms with E-state index in [0.29, 0.717) is 0 Å². The summed E-state index contributed by atoms with van der Waals surface area (Å²) >= 11 is 0. The topological polar surface area (TPSA) is 53.5 Å². The molecule has 0 saturated heterocycles. The van der Waals surface area contributed by atoms with Crippen LogP contribution in [0.3, 0.4) is 0 Å². The van der Waals surface area contributed by atoms with Gasteiger partial charge >= 0.3 is 6.85 Å². The number of fused-ring (bicyclic) bond motifs is 19. The van der Waals surface area contributed by atoms with Crippen molar-refractivity contribution in [3.05, 3.63) is 218 Å². The largest absolute Gasteiger partial charge is 0.456 e. The Morgan fingerprint density at radius 3 is 1.76 bits per heavy atom. The highest BCUT2D eigenvalue weighted by Gasteiger charge is 2.45. The van der Waals surface area contributed by atoms with Gasteiger partial charge in [0.15, 0.2) is 7.28 Å². The van der Waals surface area contributed by atoms with Crippen LogP contribution in [-0.2, 0) is 0 Å². The Morgan fingerprint density at radius 1 is 0.419 bits per heavy atom. The molecule has 6 nitrogen and oxygen atoms in total. The second-order valence-corrected chi connectivity index (χ2v) is 20.2. The first-order valence-corrected chi connectivity index (χ1v) is 25.4. The number of aromatic amines is 1. The SMILES string of the molecule is [B]1c2cc3oc4ccccc4c3cc2N(c2ccccc2)c2cccc(-c3c4[nH]c5ccccc5c4c4c5c3c3ccccc3n5B3c5cc6oc7ccccc7c6cc5N(c5ccccc5)c5cccc-4c53)c21. The third-order valence-corrected chi connectivity index (χ3v) is 16.5. The van der Waals surface area contributed by atoms with Crippen molar-refractivity contribution in [2.45, 2.75) is 0 Å². The smallest absolute Gasteiger partial charge is 0.333 e. The van der Waals surface area contributed by atoms with Crippen molar-refractivity contribution in [2.75, 3.05) is 9.80 Å². The number of anilines is 6. The molecule has 15 aromatic rings. The van der Waals surface area contributed by atoms with E-state index in [1.54, 1.807) is 0 Å². The molecule has 0 atom stereocenters. The van der Waals surface area contributed by atoms with E-state index in [1.807, 2.05) is 6.07 Å². The van der Waals surface area contributed by atoms with Crippen LogP contribution in [0.4, 0.5) is 34.1 Å². The zero-order chi connectivity index (χ0) is 47.9. The molecule has 0 aliphatic carbocycles. The van der Waals surface area contributed by atoms with Gasteiger partial charge in [0.2, 0.25) is 0 Å². The van der Waals surface area contributed by atoms with Crippen molar-refractivity contribution in [1.29, 1.82) is 0 Å². The molecule has 1 radical (unpaired) electrons. The van der Waals surface area contributed by atoms with E-state index in [-0.39, 0.29) is 6.85 Å². The number of benzene rings is 11. The first-order chi connectivity index (χ1) is 36.7. The lowest BCUT2D eigenvalue weighted by molar-refractivity contribution is 0.669. The van der Waals surface area contributed by atoms with Crippen LogP contribution in [0.15, 0.2) is 227 Å². The van der Waals surface area contributed by atoms with Crippen molar-refractivity contribution in [3.8, 4) is 22.3 Å². The summed E-state index contributed by atoms with van der Waals surface area (Å²) in [6.07, 6.45) is 0. The van der Waals surface area contributed by atoms with Gasteiger partial charge in [-0.05, 0) is 112 Å². The molecule has 3 aliphatic rings. The van der Waals surface area contributed by atoms with Crippen LogP contribution < -0.4 is 31.7 Å². The number of rotatable bonds is 3. The number of furan rings is 2. The van der Waals surface area contributed by atoms with Gasteiger partial charge in [0.25, 0.3) is 0 Å². The predicted molar refractivity (Wildman–Crippen MR) is 309 cm³/mol. The lowest BCUT2D eigenvalue weighted by atomic mass is 9.45. The molecule has 11 aromatic carbocycles. The minimum atomic E-state index is -0.179. The van der Waals surface area contributed by atoms with Crippen molar-refractivity contribution in [2.24, 2.45) is 0 Å². The standard InChI is InChI=1S/C66H37B2N4O2/c1-3-17-37(18-4-1)70-51-29-15-25-43(63(51)67-47-35-57-45(33-53(47)70)39-21-9-13-31-55(39)73-57)60-61-42-24-8-12-28-50(42)72-66(61)62(59-41-23-7-11-27-49(41)69-65(59)60)44-26-16-30-52-64(44)68(72)48-36-58-46(40-22-10-14-32-56(40)74-58)34-54(48)71(52)38-19-5-2-6-20-38/h1-36,69H. The molecule has 1 N–H and O–H groups in total. The third-order valence-electron chi connectivity index (χ3n) is 16.5. The fourth-order valence-electron chi connectivity index (χ4n) is 13.6. The number of nitrogens with zero attached hydrogens (tertiary/aromatic N) is 3. The molecule has 0 unspecified atom stereocenters. The highest BCUT2D eigenvalue weighted by atomic mass is 16.3. The van der Waals surface area contributed by atoms with Crippen LogP contribution in [0.1, 0.15) is 0 Å². The van der Waals surface area contributed by atoms with Crippen LogP contribution >= 0.6 is 0 Å². The molecule has 3 aliphatic heterocycles. The monoisotopic (exact) mass is 939 g/mol. The van der Waals surface area contributed by atoms with Crippen LogP contribution in [0.5, 0.6) is 0 Å². The van der Waals surface area contributed by atoms with E-state index in [4.69, 9.17) is 8.83 Å². The van der Waals surface area contributed by atoms with Gasteiger partial charge in [0.1, 0.15) is 22.3 Å². The van der Waals surface area contributed by atoms with Gasteiger partial charge in [-0.25, -0.2) is 0 Å². The van der Waals surface area contributed by atoms with Gasteiger partial charge in [0, 0.05) is 105 Å². The fraction of sp³-hybridized carbons (Fsp3) is 0. The van der Waals surface area contributed by atoms with Gasteiger partial charge in [-0.2, -0.15) is 0 Å². The van der Waals surface area contributed by atoms with Gasteiger partial charge in [-0.3, -0.25) is 0 Å². The molecular formula is C66H37B2N4O2. The Hall–Kier alpha value is -9.65. The average Bonchev–Trinajstić information content (AvgIpc) is 4.22. The molecule has 18 rings (SSSR count). The van der Waals surface area contributed by atoms with Crippen molar-refractivity contribution < 1.29 is 8.83 Å². The zero-order valence-corrected chi connectivity index (χ0v) is 39.6. The second-order valence-electron chi connectivity index (χ2n) is 20.2. The summed E-state index contributed by atoms with van der Waals surface area (Å²) < 4.78 is 16.1. The summed E-state index contributed by atoms with van der Waals surface area (Å²) in [5.41, 5.74) is 24.6. The average molecular weight is 940 g/mol. The number of hydrogen-bond acceptors (Lipinski definition) is 4. The molecule has 4 aromatic heterocycles. The normalized spacial score (nSPS) is 13.4. The maximum absolute atomic E-state index is 6.78. The minimum Gasteiger partial charge on any atom is -0.456 e. The van der Waals surface area contributed by atoms with Crippen molar-refractivity contribution in [3.63, 3.8) is 0 Å². The van der Waals surface area contributed by atoms with Gasteiger partial charge < -0.3 is 28.1 Å². The third kappa shape index (κ3) is 4.92. The van der Waals surface area contributed by atoms with E-state index in [1.165, 1.54) is 65.9 Å². The Bertz CT molecular complexity index is 4970. The van der Waals surface area contributed by atoms with Crippen molar-refractivity contribution >= 4 is 158 Å². The first kappa shape index (κ1) is 39.0. The molecule has 0 fully saturated rings. The van der Waals surface area contributed by atoms with Gasteiger partial charge in [-0.1, -0.05) is 139 Å². The number of nitrogens with one attached hydrogen (secondary N) is 1. The molecule has 0 bridgehead atoms. The summed E-state index contributed by atoms with van der Waals surface area (Å²) in [7, 11) is 2.40. The number of aromatic nitrogens is 2. The summed E-state index contributed by atoms with van der Waals surface area (Å²) in [6.45, 7) is -0.179. The fourth-order valence-corrected chi connectivity index (χ4v) is 13.6. The quantitative estimate of drug-likeness (QED) is 0.179. The van der Waals surface area contributed by atoms with Crippen LogP contribution in [-0.4, -0.2) is 23.6 Å². The molecule has 0 saturated carbocycles. The van der Waals surface area contributed by atoms with Gasteiger partial charge in [0.05, 0.1) is 5.52 Å². The summed E-state index contributed by atoms with van der Waals surface area (Å²) in [5, 5.41) is 9.31. The van der Waals surface area contributed by atoms with E-state index < -0.39 is 0 Å². The molecule has 7 heterocycles. The second kappa shape index (κ2) is 14.1. The molecular weight excluding hydrogens is 902 g/mol. The highest BCUT2D eigenvalue weighted by Crippen LogP contribution is 2.54. The predicted octanol–water partition coefficient (Wildman–Crippen LogP) is 14.8. The number of hydrogen-bond donors (Lipinski definition) is 1. The van der Waals surface area contributed by atoms with E-state index in [9.17, 15) is 0 Å². The summed E-state index contributed by atoms with van der Waals surface area (Å²) in [4.78, 5) is 9.05. The van der Waals surface area contributed by atoms with Crippen LogP contribution in [0.25, 0.3) is 110 Å². The minimum absolute atomic E-state index is 0.179. The van der Waals surface area contributed by atoms with E-state index in [0.717, 1.165) is 99.8 Å². The molecule has 8 heteroatoms. The maximum Gasteiger partial charge on any atom is 0.333 e. The van der Waals surface area contributed by atoms with Crippen molar-refractivity contribution in [1.82, 2.24) is 9.46 Å². The maximum atomic E-state index is 6.78. The summed E-state index contributed by atoms with van der Waals surface area (Å²) in [5.74, 6) is 0. The number of H-pyrrole nitrogens is 1. The van der Waals surface area contributed by atoms with E-state index >= 15 is 0 Å². The number of para-hydroxylation sites is 6. The summed E-state index contributed by atoms with van der Waals surface area (Å²) in [6, 6.07) is 79.6. The molecule has 339 valence electrons. The Balaban J connectivity index is 0.991. The highest BCUT2D eigenvalue weighted by molar-refractivity contribution is 6.90. The lowest BCUT2D eigenvalue weighted by Gasteiger charge is -2.40. The molecule has 0 amide bonds. The first-order valence-electron chi connectivity index (χ1n) is 25.4. The Morgan fingerprint density at radius 2 is 1.01 bits per heavy atom. The van der Waals surface area contributed by atoms with Gasteiger partial charge in [-0.15, -0.1) is 0 Å². The van der Waals surface area contributed by atoms with E-state index in [2.05, 4.69) is 239 Å². The Labute approximate surface area is 424 Å². The molecule has 0 spiro atoms. The lowest BCUT2D eigenvalue weighted by Crippen LogP contribution is -2.56. The zero-order valence-electron chi connectivity index (χ0n) is 39.6.